The summed E-state index contributed by atoms with van der Waals surface area (Å²) in [5.74, 6) is -1.36. The number of halogens is 1. The van der Waals surface area contributed by atoms with Crippen LogP contribution in [0.25, 0.3) is 0 Å². The van der Waals surface area contributed by atoms with Crippen molar-refractivity contribution in [3.8, 4) is 0 Å². The smallest absolute Gasteiger partial charge is 0.282 e. The maximum atomic E-state index is 13.2. The Labute approximate surface area is 115 Å². The Morgan fingerprint density at radius 1 is 1.60 bits per heavy atom. The molecule has 2 atom stereocenters. The molecule has 0 aliphatic carbocycles. The molecule has 2 unspecified atom stereocenters. The zero-order chi connectivity index (χ0) is 14.9. The quantitative estimate of drug-likeness (QED) is 0.679. The number of nitro groups is 1. The highest BCUT2D eigenvalue weighted by Gasteiger charge is 2.39. The molecule has 0 bridgehead atoms. The van der Waals surface area contributed by atoms with Gasteiger partial charge in [0, 0.05) is 12.7 Å². The first-order valence-corrected chi connectivity index (χ1v) is 6.21. The minimum Gasteiger partial charge on any atom is -0.376 e. The highest BCUT2D eigenvalue weighted by molar-refractivity contribution is 5.98. The largest absolute Gasteiger partial charge is 0.376 e. The summed E-state index contributed by atoms with van der Waals surface area (Å²) in [5, 5.41) is 13.6. The summed E-state index contributed by atoms with van der Waals surface area (Å²) in [7, 11) is 0. The van der Waals surface area contributed by atoms with E-state index in [2.05, 4.69) is 5.32 Å². The van der Waals surface area contributed by atoms with Gasteiger partial charge >= 0.3 is 0 Å². The monoisotopic (exact) mass is 282 g/mol. The summed E-state index contributed by atoms with van der Waals surface area (Å²) in [5.41, 5.74) is -1.31. The normalized spacial score (nSPS) is 25.4. The molecule has 7 heteroatoms. The molecule has 2 rings (SSSR count). The first-order chi connectivity index (χ1) is 9.33. The maximum Gasteiger partial charge on any atom is 0.282 e. The number of amides is 1. The topological polar surface area (TPSA) is 81.5 Å². The number of nitrogens with zero attached hydrogens (tertiary/aromatic N) is 1. The molecule has 1 N–H and O–H groups in total. The van der Waals surface area contributed by atoms with Crippen molar-refractivity contribution in [1.82, 2.24) is 5.32 Å². The molecular weight excluding hydrogens is 267 g/mol. The molecule has 108 valence electrons. The summed E-state index contributed by atoms with van der Waals surface area (Å²) in [4.78, 5) is 22.4. The van der Waals surface area contributed by atoms with Crippen LogP contribution < -0.4 is 5.32 Å². The Balaban J connectivity index is 2.29. The van der Waals surface area contributed by atoms with Crippen LogP contribution in [-0.2, 0) is 4.74 Å². The van der Waals surface area contributed by atoms with Crippen molar-refractivity contribution in [3.63, 3.8) is 0 Å². The Morgan fingerprint density at radius 3 is 2.85 bits per heavy atom. The van der Waals surface area contributed by atoms with E-state index in [0.29, 0.717) is 13.0 Å². The lowest BCUT2D eigenvalue weighted by molar-refractivity contribution is -0.385. The van der Waals surface area contributed by atoms with E-state index >= 15 is 0 Å². The van der Waals surface area contributed by atoms with Gasteiger partial charge in [0.25, 0.3) is 11.6 Å². The highest BCUT2D eigenvalue weighted by Crippen LogP contribution is 2.27. The fourth-order valence-electron chi connectivity index (χ4n) is 2.18. The van der Waals surface area contributed by atoms with Gasteiger partial charge in [-0.1, -0.05) is 0 Å². The van der Waals surface area contributed by atoms with Crippen molar-refractivity contribution in [2.45, 2.75) is 31.9 Å². The van der Waals surface area contributed by atoms with E-state index in [1.165, 1.54) is 0 Å². The molecule has 0 spiro atoms. The number of ether oxygens (including phenoxy) is 1. The second-order valence-corrected chi connectivity index (χ2v) is 5.05. The molecule has 1 aromatic rings. The molecule has 1 aliphatic heterocycles. The lowest BCUT2D eigenvalue weighted by atomic mass is 9.94. The number of rotatable bonds is 3. The fourth-order valence-corrected chi connectivity index (χ4v) is 2.18. The number of benzene rings is 1. The number of nitrogens with one attached hydrogen (secondary N) is 1. The highest BCUT2D eigenvalue weighted by atomic mass is 19.1. The van der Waals surface area contributed by atoms with E-state index in [0.717, 1.165) is 18.2 Å². The summed E-state index contributed by atoms with van der Waals surface area (Å²) in [6.45, 7) is 4.12. The number of hydrogen-bond acceptors (Lipinski definition) is 4. The van der Waals surface area contributed by atoms with E-state index < -0.39 is 27.9 Å². The average Bonchev–Trinajstić information content (AvgIpc) is 2.68. The van der Waals surface area contributed by atoms with Crippen LogP contribution in [-0.4, -0.2) is 29.1 Å². The molecule has 20 heavy (non-hydrogen) atoms. The third-order valence-electron chi connectivity index (χ3n) is 3.69. The standard InChI is InChI=1S/C13H15FN2O4/c1-8-13(2,5-6-20-8)15-12(17)10-7-9(14)3-4-11(10)16(18)19/h3-4,7-8H,5-6H2,1-2H3,(H,15,17). The first kappa shape index (κ1) is 14.4. The number of nitro benzene ring substituents is 1. The van der Waals surface area contributed by atoms with Crippen molar-refractivity contribution < 1.29 is 18.8 Å². The van der Waals surface area contributed by atoms with Crippen LogP contribution in [0.2, 0.25) is 0 Å². The average molecular weight is 282 g/mol. The minimum atomic E-state index is -0.703. The Kier molecular flexibility index (Phi) is 3.71. The predicted octanol–water partition coefficient (Wildman–Crippen LogP) is 2.03. The molecular formula is C13H15FN2O4. The van der Waals surface area contributed by atoms with E-state index in [-0.39, 0.29) is 11.7 Å². The van der Waals surface area contributed by atoms with E-state index in [1.807, 2.05) is 6.92 Å². The van der Waals surface area contributed by atoms with Crippen molar-refractivity contribution >= 4 is 11.6 Å². The predicted molar refractivity (Wildman–Crippen MR) is 69.0 cm³/mol. The molecule has 1 saturated heterocycles. The molecule has 1 fully saturated rings. The van der Waals surface area contributed by atoms with Gasteiger partial charge < -0.3 is 10.1 Å². The number of carbonyl (C=O) groups is 1. The van der Waals surface area contributed by atoms with Gasteiger partial charge in [-0.3, -0.25) is 14.9 Å². The fraction of sp³-hybridized carbons (Fsp3) is 0.462. The van der Waals surface area contributed by atoms with Gasteiger partial charge in [-0.05, 0) is 32.4 Å². The van der Waals surface area contributed by atoms with E-state index in [9.17, 15) is 19.3 Å². The van der Waals surface area contributed by atoms with Crippen LogP contribution in [0, 0.1) is 15.9 Å². The van der Waals surface area contributed by atoms with Crippen LogP contribution in [0.5, 0.6) is 0 Å². The zero-order valence-electron chi connectivity index (χ0n) is 11.2. The molecule has 1 heterocycles. The van der Waals surface area contributed by atoms with Crippen molar-refractivity contribution in [3.05, 3.63) is 39.7 Å². The molecule has 0 aromatic heterocycles. The second-order valence-electron chi connectivity index (χ2n) is 5.05. The van der Waals surface area contributed by atoms with Gasteiger partial charge in [0.2, 0.25) is 0 Å². The third-order valence-corrected chi connectivity index (χ3v) is 3.69. The number of hydrogen-bond donors (Lipinski definition) is 1. The molecule has 6 nitrogen and oxygen atoms in total. The SMILES string of the molecule is CC1OCCC1(C)NC(=O)c1cc(F)ccc1[N+](=O)[O-]. The molecule has 0 saturated carbocycles. The van der Waals surface area contributed by atoms with Crippen LogP contribution in [0.4, 0.5) is 10.1 Å². The Bertz CT molecular complexity index is 563. The van der Waals surface area contributed by atoms with Crippen LogP contribution in [0.1, 0.15) is 30.6 Å². The van der Waals surface area contributed by atoms with Gasteiger partial charge in [0.05, 0.1) is 16.6 Å². The Morgan fingerprint density at radius 2 is 2.30 bits per heavy atom. The van der Waals surface area contributed by atoms with Gasteiger partial charge in [0.15, 0.2) is 0 Å². The summed E-state index contributed by atoms with van der Waals surface area (Å²) < 4.78 is 18.6. The Hall–Kier alpha value is -2.02. The van der Waals surface area contributed by atoms with E-state index in [1.54, 1.807) is 6.92 Å². The maximum absolute atomic E-state index is 13.2. The van der Waals surface area contributed by atoms with Crippen LogP contribution in [0.15, 0.2) is 18.2 Å². The minimum absolute atomic E-state index is 0.209. The van der Waals surface area contributed by atoms with Gasteiger partial charge in [0.1, 0.15) is 11.4 Å². The van der Waals surface area contributed by atoms with E-state index in [4.69, 9.17) is 4.74 Å². The van der Waals surface area contributed by atoms with Gasteiger partial charge in [-0.25, -0.2) is 4.39 Å². The van der Waals surface area contributed by atoms with Gasteiger partial charge in [-0.2, -0.15) is 0 Å². The summed E-state index contributed by atoms with van der Waals surface area (Å²) in [6, 6.07) is 2.82. The van der Waals surface area contributed by atoms with Crippen molar-refractivity contribution in [2.75, 3.05) is 6.61 Å². The van der Waals surface area contributed by atoms with Crippen LogP contribution in [0.3, 0.4) is 0 Å². The van der Waals surface area contributed by atoms with Crippen molar-refractivity contribution in [1.29, 1.82) is 0 Å². The lowest BCUT2D eigenvalue weighted by Crippen LogP contribution is -2.50. The third kappa shape index (κ3) is 2.62. The summed E-state index contributed by atoms with van der Waals surface area (Å²) in [6.07, 6.45) is 0.391. The zero-order valence-corrected chi connectivity index (χ0v) is 11.2. The molecule has 1 aromatic carbocycles. The lowest BCUT2D eigenvalue weighted by Gasteiger charge is -2.28. The number of carbonyl (C=O) groups excluding carboxylic acids is 1. The van der Waals surface area contributed by atoms with Crippen molar-refractivity contribution in [2.24, 2.45) is 0 Å². The molecule has 1 amide bonds. The summed E-state index contributed by atoms with van der Waals surface area (Å²) >= 11 is 0. The van der Waals surface area contributed by atoms with Gasteiger partial charge in [-0.15, -0.1) is 0 Å². The molecule has 1 aliphatic rings. The second kappa shape index (κ2) is 5.16. The van der Waals surface area contributed by atoms with Crippen LogP contribution >= 0.6 is 0 Å². The molecule has 0 radical (unpaired) electrons. The first-order valence-electron chi connectivity index (χ1n) is 6.21.